The number of hydrogen-bond acceptors (Lipinski definition) is 3. The number of nitrogens with one attached hydrogen (secondary N) is 1. The van der Waals surface area contributed by atoms with E-state index >= 15 is 0 Å². The van der Waals surface area contributed by atoms with E-state index in [-0.39, 0.29) is 24.9 Å². The molecule has 0 bridgehead atoms. The van der Waals surface area contributed by atoms with Crippen molar-refractivity contribution < 1.29 is 14.8 Å². The molecule has 1 aromatic rings. The van der Waals surface area contributed by atoms with Crippen LogP contribution < -0.4 is 5.32 Å². The Balaban J connectivity index is 1.97. The Kier molecular flexibility index (Phi) is 3.39. The lowest BCUT2D eigenvalue weighted by molar-refractivity contribution is -0.155. The third-order valence-corrected chi connectivity index (χ3v) is 2.90. The predicted molar refractivity (Wildman–Crippen MR) is 60.2 cm³/mol. The average Bonchev–Trinajstić information content (AvgIpc) is 2.72. The van der Waals surface area contributed by atoms with Crippen LogP contribution >= 0.6 is 0 Å². The molecule has 1 aliphatic rings. The summed E-state index contributed by atoms with van der Waals surface area (Å²) < 4.78 is 0. The van der Waals surface area contributed by atoms with Crippen LogP contribution in [0.15, 0.2) is 24.3 Å². The molecule has 1 aromatic carbocycles. The first-order valence-corrected chi connectivity index (χ1v) is 5.48. The molecule has 2 amide bonds. The molecule has 0 heterocycles. The standard InChI is InChI=1S/C12H14N2O3/c15-8-14(17)7-12(16)13-11-6-5-9-3-1-2-4-10(9)11/h1-4,8,11,17H,5-7H2,(H,13,16). The minimum Gasteiger partial charge on any atom is -0.348 e. The molecule has 0 saturated carbocycles. The van der Waals surface area contributed by atoms with Crippen molar-refractivity contribution in [3.8, 4) is 0 Å². The van der Waals surface area contributed by atoms with Crippen LogP contribution in [0.25, 0.3) is 0 Å². The third kappa shape index (κ3) is 2.62. The minimum atomic E-state index is -0.360. The van der Waals surface area contributed by atoms with Crippen molar-refractivity contribution in [3.05, 3.63) is 35.4 Å². The van der Waals surface area contributed by atoms with Gasteiger partial charge in [0.25, 0.3) is 0 Å². The Labute approximate surface area is 99.0 Å². The number of aryl methyl sites for hydroxylation is 1. The van der Waals surface area contributed by atoms with E-state index < -0.39 is 0 Å². The van der Waals surface area contributed by atoms with E-state index in [0.29, 0.717) is 5.06 Å². The van der Waals surface area contributed by atoms with Crippen LogP contribution in [0, 0.1) is 0 Å². The summed E-state index contributed by atoms with van der Waals surface area (Å²) in [6.45, 7) is -0.331. The summed E-state index contributed by atoms with van der Waals surface area (Å²) in [4.78, 5) is 21.7. The lowest BCUT2D eigenvalue weighted by atomic mass is 10.1. The van der Waals surface area contributed by atoms with Crippen LogP contribution in [0.1, 0.15) is 23.6 Å². The van der Waals surface area contributed by atoms with Crippen molar-refractivity contribution in [1.29, 1.82) is 0 Å². The van der Waals surface area contributed by atoms with Crippen LogP contribution in [0.5, 0.6) is 0 Å². The zero-order chi connectivity index (χ0) is 12.3. The minimum absolute atomic E-state index is 0.0150. The van der Waals surface area contributed by atoms with Gasteiger partial charge in [-0.05, 0) is 24.0 Å². The molecule has 0 radical (unpaired) electrons. The molecule has 0 fully saturated rings. The van der Waals surface area contributed by atoms with E-state index in [0.717, 1.165) is 18.4 Å². The van der Waals surface area contributed by atoms with Gasteiger partial charge in [0.1, 0.15) is 6.54 Å². The number of amides is 2. The number of carbonyl (C=O) groups excluding carboxylic acids is 2. The monoisotopic (exact) mass is 234 g/mol. The Morgan fingerprint density at radius 2 is 2.29 bits per heavy atom. The highest BCUT2D eigenvalue weighted by molar-refractivity contribution is 5.80. The molecule has 1 atom stereocenters. The number of carbonyl (C=O) groups is 2. The SMILES string of the molecule is O=CN(O)CC(=O)NC1CCc2ccccc21. The zero-order valence-corrected chi connectivity index (χ0v) is 9.30. The largest absolute Gasteiger partial charge is 0.348 e. The fourth-order valence-corrected chi connectivity index (χ4v) is 2.13. The second kappa shape index (κ2) is 4.97. The van der Waals surface area contributed by atoms with Crippen molar-refractivity contribution in [2.75, 3.05) is 6.54 Å². The molecule has 5 heteroatoms. The maximum absolute atomic E-state index is 11.5. The van der Waals surface area contributed by atoms with E-state index in [2.05, 4.69) is 5.32 Å². The molecular weight excluding hydrogens is 220 g/mol. The first-order valence-electron chi connectivity index (χ1n) is 5.48. The maximum Gasteiger partial charge on any atom is 0.242 e. The Morgan fingerprint density at radius 1 is 1.53 bits per heavy atom. The highest BCUT2D eigenvalue weighted by atomic mass is 16.5. The highest BCUT2D eigenvalue weighted by Crippen LogP contribution is 2.30. The van der Waals surface area contributed by atoms with Crippen molar-refractivity contribution in [2.24, 2.45) is 0 Å². The van der Waals surface area contributed by atoms with E-state index in [9.17, 15) is 9.59 Å². The summed E-state index contributed by atoms with van der Waals surface area (Å²) >= 11 is 0. The molecule has 1 aliphatic carbocycles. The van der Waals surface area contributed by atoms with Gasteiger partial charge in [-0.2, -0.15) is 0 Å². The summed E-state index contributed by atoms with van der Waals surface area (Å²) in [5, 5.41) is 12.0. The van der Waals surface area contributed by atoms with Gasteiger partial charge in [-0.15, -0.1) is 0 Å². The fourth-order valence-electron chi connectivity index (χ4n) is 2.13. The Bertz CT molecular complexity index is 434. The quantitative estimate of drug-likeness (QED) is 0.456. The topological polar surface area (TPSA) is 69.6 Å². The van der Waals surface area contributed by atoms with Crippen molar-refractivity contribution in [2.45, 2.75) is 18.9 Å². The van der Waals surface area contributed by atoms with E-state index in [1.165, 1.54) is 5.56 Å². The summed E-state index contributed by atoms with van der Waals surface area (Å²) in [5.41, 5.74) is 2.37. The van der Waals surface area contributed by atoms with Crippen LogP contribution in [0.4, 0.5) is 0 Å². The summed E-state index contributed by atoms with van der Waals surface area (Å²) in [6, 6.07) is 7.94. The van der Waals surface area contributed by atoms with Crippen LogP contribution in [-0.2, 0) is 16.0 Å². The van der Waals surface area contributed by atoms with Gasteiger partial charge in [-0.1, -0.05) is 24.3 Å². The molecule has 0 saturated heterocycles. The van der Waals surface area contributed by atoms with Crippen molar-refractivity contribution >= 4 is 12.3 Å². The van der Waals surface area contributed by atoms with Gasteiger partial charge in [-0.25, -0.2) is 5.06 Å². The number of benzene rings is 1. The first kappa shape index (κ1) is 11.6. The highest BCUT2D eigenvalue weighted by Gasteiger charge is 2.23. The summed E-state index contributed by atoms with van der Waals surface area (Å²) in [6.07, 6.45) is 2.01. The van der Waals surface area contributed by atoms with Gasteiger partial charge in [0, 0.05) is 0 Å². The molecule has 2 rings (SSSR count). The second-order valence-corrected chi connectivity index (χ2v) is 4.06. The normalized spacial score (nSPS) is 17.4. The lowest BCUT2D eigenvalue weighted by Gasteiger charge is -2.15. The Hall–Kier alpha value is -1.88. The van der Waals surface area contributed by atoms with Gasteiger partial charge >= 0.3 is 0 Å². The smallest absolute Gasteiger partial charge is 0.242 e. The third-order valence-electron chi connectivity index (χ3n) is 2.90. The summed E-state index contributed by atoms with van der Waals surface area (Å²) in [5.74, 6) is -0.360. The van der Waals surface area contributed by atoms with Crippen molar-refractivity contribution in [3.63, 3.8) is 0 Å². The van der Waals surface area contributed by atoms with Gasteiger partial charge in [-0.3, -0.25) is 14.8 Å². The molecule has 0 spiro atoms. The van der Waals surface area contributed by atoms with E-state index in [1.54, 1.807) is 0 Å². The Morgan fingerprint density at radius 3 is 3.06 bits per heavy atom. The lowest BCUT2D eigenvalue weighted by Crippen LogP contribution is -2.36. The summed E-state index contributed by atoms with van der Waals surface area (Å²) in [7, 11) is 0. The molecule has 2 N–H and O–H groups in total. The predicted octanol–water partition coefficient (Wildman–Crippen LogP) is 0.638. The number of fused-ring (bicyclic) bond motifs is 1. The van der Waals surface area contributed by atoms with Gasteiger partial charge in [0.05, 0.1) is 6.04 Å². The van der Waals surface area contributed by atoms with Gasteiger partial charge in [0.15, 0.2) is 0 Å². The fraction of sp³-hybridized carbons (Fsp3) is 0.333. The second-order valence-electron chi connectivity index (χ2n) is 4.06. The molecule has 0 aromatic heterocycles. The molecule has 90 valence electrons. The molecule has 1 unspecified atom stereocenters. The van der Waals surface area contributed by atoms with Crippen LogP contribution in [0.2, 0.25) is 0 Å². The zero-order valence-electron chi connectivity index (χ0n) is 9.30. The molecular formula is C12H14N2O3. The average molecular weight is 234 g/mol. The van der Waals surface area contributed by atoms with Crippen LogP contribution in [-0.4, -0.2) is 29.1 Å². The molecule has 5 nitrogen and oxygen atoms in total. The number of nitrogens with zero attached hydrogens (tertiary/aromatic N) is 1. The number of hydrogen-bond donors (Lipinski definition) is 2. The first-order chi connectivity index (χ1) is 8.20. The van der Waals surface area contributed by atoms with Gasteiger partial charge in [0.2, 0.25) is 12.3 Å². The number of rotatable bonds is 4. The number of hydroxylamine groups is 2. The van der Waals surface area contributed by atoms with E-state index in [4.69, 9.17) is 5.21 Å². The van der Waals surface area contributed by atoms with Gasteiger partial charge < -0.3 is 5.32 Å². The molecule has 17 heavy (non-hydrogen) atoms. The van der Waals surface area contributed by atoms with Crippen LogP contribution in [0.3, 0.4) is 0 Å². The molecule has 0 aliphatic heterocycles. The maximum atomic E-state index is 11.5. The van der Waals surface area contributed by atoms with Crippen molar-refractivity contribution in [1.82, 2.24) is 10.4 Å². The van der Waals surface area contributed by atoms with E-state index in [1.807, 2.05) is 24.3 Å².